The van der Waals surface area contributed by atoms with Crippen LogP contribution in [0.15, 0.2) is 23.1 Å². The van der Waals surface area contributed by atoms with Crippen LogP contribution in [0.5, 0.6) is 0 Å². The third-order valence-electron chi connectivity index (χ3n) is 3.21. The largest absolute Gasteiger partial charge is 0.324 e. The second-order valence-corrected chi connectivity index (χ2v) is 8.32. The molecule has 24 heavy (non-hydrogen) atoms. The van der Waals surface area contributed by atoms with Crippen molar-refractivity contribution in [1.82, 2.24) is 4.72 Å². The van der Waals surface area contributed by atoms with Crippen molar-refractivity contribution in [2.75, 3.05) is 5.32 Å². The minimum atomic E-state index is -3.67. The van der Waals surface area contributed by atoms with Crippen molar-refractivity contribution in [3.63, 3.8) is 0 Å². The molecule has 0 spiro atoms. The first-order valence-electron chi connectivity index (χ1n) is 7.68. The van der Waals surface area contributed by atoms with Crippen LogP contribution in [0.4, 0.5) is 5.69 Å². The number of nitrogens with two attached hydrogens (primary N) is 1. The third kappa shape index (κ3) is 6.39. The highest BCUT2D eigenvalue weighted by atomic mass is 35.5. The highest BCUT2D eigenvalue weighted by molar-refractivity contribution is 7.89. The number of anilines is 1. The van der Waals surface area contributed by atoms with Crippen LogP contribution >= 0.6 is 12.4 Å². The van der Waals surface area contributed by atoms with Gasteiger partial charge >= 0.3 is 0 Å². The maximum Gasteiger partial charge on any atom is 0.241 e. The molecule has 1 rings (SSSR count). The van der Waals surface area contributed by atoms with E-state index in [0.717, 1.165) is 6.42 Å². The van der Waals surface area contributed by atoms with Gasteiger partial charge in [-0.25, -0.2) is 13.1 Å². The normalized spacial score (nSPS) is 13.1. The van der Waals surface area contributed by atoms with E-state index in [4.69, 9.17) is 5.73 Å². The molecular formula is C16H28ClN3O3S. The molecule has 0 fully saturated rings. The van der Waals surface area contributed by atoms with E-state index >= 15 is 0 Å². The summed E-state index contributed by atoms with van der Waals surface area (Å²) in [6.45, 7) is 8.93. The van der Waals surface area contributed by atoms with Crippen LogP contribution in [0, 0.1) is 6.92 Å². The van der Waals surface area contributed by atoms with Crippen LogP contribution in [0.25, 0.3) is 0 Å². The Kier molecular flexibility index (Phi) is 8.38. The number of amides is 1. The van der Waals surface area contributed by atoms with Crippen molar-refractivity contribution in [2.45, 2.75) is 63.9 Å². The summed E-state index contributed by atoms with van der Waals surface area (Å²) in [6.07, 6.45) is 1.38. The molecule has 1 aromatic rings. The lowest BCUT2D eigenvalue weighted by molar-refractivity contribution is -0.117. The van der Waals surface area contributed by atoms with Gasteiger partial charge < -0.3 is 11.1 Å². The average molecular weight is 378 g/mol. The first-order chi connectivity index (χ1) is 10.5. The van der Waals surface area contributed by atoms with Gasteiger partial charge in [-0.1, -0.05) is 19.4 Å². The minimum absolute atomic E-state index is 0. The molecule has 0 aliphatic heterocycles. The second kappa shape index (κ2) is 8.80. The van der Waals surface area contributed by atoms with Crippen molar-refractivity contribution < 1.29 is 13.2 Å². The number of sulfonamides is 1. The average Bonchev–Trinajstić information content (AvgIpc) is 2.38. The lowest BCUT2D eigenvalue weighted by atomic mass is 10.1. The van der Waals surface area contributed by atoms with Crippen LogP contribution in [-0.4, -0.2) is 25.9 Å². The highest BCUT2D eigenvalue weighted by Gasteiger charge is 2.25. The maximum atomic E-state index is 12.5. The van der Waals surface area contributed by atoms with Gasteiger partial charge in [-0.05, 0) is 51.8 Å². The number of hydrogen-bond donors (Lipinski definition) is 3. The number of nitrogens with one attached hydrogen (secondary N) is 2. The van der Waals surface area contributed by atoms with Gasteiger partial charge in [0.2, 0.25) is 15.9 Å². The van der Waals surface area contributed by atoms with E-state index in [-0.39, 0.29) is 23.2 Å². The Balaban J connectivity index is 0.00000529. The van der Waals surface area contributed by atoms with Gasteiger partial charge in [0.1, 0.15) is 0 Å². The van der Waals surface area contributed by atoms with Gasteiger partial charge in [-0.15, -0.1) is 12.4 Å². The zero-order valence-corrected chi connectivity index (χ0v) is 16.5. The number of halogens is 1. The van der Waals surface area contributed by atoms with Crippen molar-refractivity contribution in [3.8, 4) is 0 Å². The molecule has 6 nitrogen and oxygen atoms in total. The molecule has 4 N–H and O–H groups in total. The van der Waals surface area contributed by atoms with Crippen LogP contribution in [-0.2, 0) is 14.8 Å². The fourth-order valence-electron chi connectivity index (χ4n) is 2.17. The molecule has 1 atom stereocenters. The molecule has 1 aromatic carbocycles. The molecule has 0 aromatic heterocycles. The molecule has 0 saturated heterocycles. The first-order valence-corrected chi connectivity index (χ1v) is 9.16. The van der Waals surface area contributed by atoms with Gasteiger partial charge in [-0.2, -0.15) is 0 Å². The summed E-state index contributed by atoms with van der Waals surface area (Å²) in [5.74, 6) is -0.312. The van der Waals surface area contributed by atoms with Crippen LogP contribution in [0.2, 0.25) is 0 Å². The fourth-order valence-corrected chi connectivity index (χ4v) is 3.85. The summed E-state index contributed by atoms with van der Waals surface area (Å²) in [6, 6.07) is 4.19. The Morgan fingerprint density at radius 1 is 1.29 bits per heavy atom. The van der Waals surface area contributed by atoms with E-state index in [1.165, 1.54) is 6.07 Å². The molecule has 8 heteroatoms. The molecule has 0 radical (unpaired) electrons. The fraction of sp³-hybridized carbons (Fsp3) is 0.562. The van der Waals surface area contributed by atoms with E-state index in [1.54, 1.807) is 39.8 Å². The molecule has 1 amide bonds. The summed E-state index contributed by atoms with van der Waals surface area (Å²) >= 11 is 0. The SMILES string of the molecule is CCCC(N)C(=O)Nc1cccc(S(=O)(=O)NC(C)(C)C)c1C.Cl. The van der Waals surface area contributed by atoms with E-state index in [2.05, 4.69) is 10.0 Å². The number of hydrogen-bond acceptors (Lipinski definition) is 4. The zero-order chi connectivity index (χ0) is 17.8. The monoisotopic (exact) mass is 377 g/mol. The minimum Gasteiger partial charge on any atom is -0.324 e. The Morgan fingerprint density at radius 2 is 1.88 bits per heavy atom. The number of rotatable bonds is 6. The molecule has 138 valence electrons. The van der Waals surface area contributed by atoms with E-state index in [9.17, 15) is 13.2 Å². The van der Waals surface area contributed by atoms with Gasteiger partial charge in [0, 0.05) is 11.2 Å². The zero-order valence-electron chi connectivity index (χ0n) is 14.8. The summed E-state index contributed by atoms with van der Waals surface area (Å²) < 4.78 is 27.6. The lowest BCUT2D eigenvalue weighted by Crippen LogP contribution is -2.40. The third-order valence-corrected chi connectivity index (χ3v) is 5.11. The predicted octanol–water partition coefficient (Wildman–Crippen LogP) is 2.56. The van der Waals surface area contributed by atoms with E-state index in [0.29, 0.717) is 17.7 Å². The molecule has 0 aliphatic rings. The summed E-state index contributed by atoms with van der Waals surface area (Å²) in [5.41, 5.74) is 6.14. The van der Waals surface area contributed by atoms with E-state index in [1.807, 2.05) is 6.92 Å². The summed E-state index contributed by atoms with van der Waals surface area (Å²) in [7, 11) is -3.67. The lowest BCUT2D eigenvalue weighted by Gasteiger charge is -2.22. The first kappa shape index (κ1) is 22.9. The molecule has 0 heterocycles. The van der Waals surface area contributed by atoms with E-state index < -0.39 is 21.6 Å². The standard InChI is InChI=1S/C16H27N3O3S.ClH/c1-6-8-12(17)15(20)18-13-9-7-10-14(11(13)2)23(21,22)19-16(3,4)5;/h7,9-10,12,19H,6,8,17H2,1-5H3,(H,18,20);1H. The van der Waals surface area contributed by atoms with Crippen molar-refractivity contribution in [3.05, 3.63) is 23.8 Å². The summed E-state index contributed by atoms with van der Waals surface area (Å²) in [4.78, 5) is 12.2. The molecular weight excluding hydrogens is 350 g/mol. The molecule has 1 unspecified atom stereocenters. The molecule has 0 saturated carbocycles. The van der Waals surface area contributed by atoms with Crippen molar-refractivity contribution in [2.24, 2.45) is 5.73 Å². The van der Waals surface area contributed by atoms with Crippen LogP contribution in [0.1, 0.15) is 46.1 Å². The number of carbonyl (C=O) groups excluding carboxylic acids is 1. The summed E-state index contributed by atoms with van der Waals surface area (Å²) in [5, 5.41) is 2.71. The van der Waals surface area contributed by atoms with Gasteiger partial charge in [-0.3, -0.25) is 4.79 Å². The topological polar surface area (TPSA) is 101 Å². The Morgan fingerprint density at radius 3 is 2.38 bits per heavy atom. The van der Waals surface area contributed by atoms with Gasteiger partial charge in [0.15, 0.2) is 0 Å². The van der Waals surface area contributed by atoms with Crippen LogP contribution < -0.4 is 15.8 Å². The smallest absolute Gasteiger partial charge is 0.241 e. The number of benzene rings is 1. The molecule has 0 bridgehead atoms. The highest BCUT2D eigenvalue weighted by Crippen LogP contribution is 2.24. The Labute approximate surface area is 151 Å². The van der Waals surface area contributed by atoms with Gasteiger partial charge in [0.25, 0.3) is 0 Å². The Bertz CT molecular complexity index is 670. The van der Waals surface area contributed by atoms with Crippen molar-refractivity contribution >= 4 is 34.0 Å². The quantitative estimate of drug-likeness (QED) is 0.709. The van der Waals surface area contributed by atoms with Gasteiger partial charge in [0.05, 0.1) is 10.9 Å². The molecule has 0 aliphatic carbocycles. The van der Waals surface area contributed by atoms with Crippen LogP contribution in [0.3, 0.4) is 0 Å². The van der Waals surface area contributed by atoms with Crippen molar-refractivity contribution in [1.29, 1.82) is 0 Å². The second-order valence-electron chi connectivity index (χ2n) is 6.67. The predicted molar refractivity (Wildman–Crippen MR) is 100 cm³/mol. The number of carbonyl (C=O) groups is 1. The Hall–Kier alpha value is -1.15. The maximum absolute atomic E-state index is 12.5.